The van der Waals surface area contributed by atoms with Crippen molar-refractivity contribution in [1.82, 2.24) is 19.2 Å². The number of halogens is 1. The smallest absolute Gasteiger partial charge is 0.407 e. The van der Waals surface area contributed by atoms with E-state index < -0.39 is 22.2 Å². The molecule has 1 aromatic carbocycles. The van der Waals surface area contributed by atoms with Gasteiger partial charge in [0.15, 0.2) is 0 Å². The van der Waals surface area contributed by atoms with E-state index in [-0.39, 0.29) is 17.5 Å². The molecule has 0 unspecified atom stereocenters. The van der Waals surface area contributed by atoms with Gasteiger partial charge in [-0.15, -0.1) is 0 Å². The average Bonchev–Trinajstić information content (AvgIpc) is 3.28. The molecule has 1 saturated heterocycles. The first-order chi connectivity index (χ1) is 14.9. The Bertz CT molecular complexity index is 935. The monoisotopic (exact) mass is 468 g/mol. The number of amides is 1. The molecule has 2 aromatic rings. The van der Waals surface area contributed by atoms with Crippen molar-refractivity contribution in [3.63, 3.8) is 0 Å². The summed E-state index contributed by atoms with van der Waals surface area (Å²) >= 11 is 5.92. The Morgan fingerprint density at radius 1 is 1.26 bits per heavy atom. The Labute approximate surface area is 188 Å². The second-order valence-corrected chi connectivity index (χ2v) is 9.89. The molecule has 170 valence electrons. The molecular formula is C21H29ClN4O4S. The van der Waals surface area contributed by atoms with Crippen LogP contribution >= 0.6 is 11.6 Å². The van der Waals surface area contributed by atoms with Crippen LogP contribution in [-0.2, 0) is 21.3 Å². The van der Waals surface area contributed by atoms with Gasteiger partial charge in [-0.2, -0.15) is 4.31 Å². The van der Waals surface area contributed by atoms with Crippen LogP contribution in [-0.4, -0.2) is 53.6 Å². The molecule has 8 nitrogen and oxygen atoms in total. The molecule has 1 N–H and O–H groups in total. The maximum absolute atomic E-state index is 13.4. The zero-order chi connectivity index (χ0) is 22.3. The van der Waals surface area contributed by atoms with Gasteiger partial charge >= 0.3 is 6.09 Å². The van der Waals surface area contributed by atoms with Crippen LogP contribution in [0.5, 0.6) is 0 Å². The number of nitrogens with one attached hydrogen (secondary N) is 1. The van der Waals surface area contributed by atoms with Crippen molar-refractivity contribution in [3.05, 3.63) is 48.0 Å². The molecule has 0 bridgehead atoms. The zero-order valence-electron chi connectivity index (χ0n) is 17.6. The molecule has 1 amide bonds. The predicted molar refractivity (Wildman–Crippen MR) is 118 cm³/mol. The van der Waals surface area contributed by atoms with E-state index in [0.29, 0.717) is 24.4 Å². The summed E-state index contributed by atoms with van der Waals surface area (Å²) in [6.45, 7) is 3.21. The molecule has 31 heavy (non-hydrogen) atoms. The highest BCUT2D eigenvalue weighted by Crippen LogP contribution is 2.32. The molecule has 1 aromatic heterocycles. The SMILES string of the molecule is CC[C@@H]1CCC[C@H](COC(=O)NCCCn2ccnc2)N1S(=O)(=O)c1ccc(Cl)cc1. The summed E-state index contributed by atoms with van der Waals surface area (Å²) in [5.74, 6) is 0. The first kappa shape index (κ1) is 23.6. The molecule has 10 heteroatoms. The number of piperidine rings is 1. The number of aromatic nitrogens is 2. The third-order valence-corrected chi connectivity index (χ3v) is 7.75. The standard InChI is InChI=1S/C21H29ClN4O4S/c1-2-18-5-3-6-19(26(18)31(28,29)20-9-7-17(22)8-10-20)15-30-21(27)24-11-4-13-25-14-12-23-16-25/h7-10,12,14,16,18-19H,2-6,11,13,15H2,1H3,(H,24,27)/t18-,19-/m1/s1. The van der Waals surface area contributed by atoms with E-state index in [1.807, 2.05) is 17.7 Å². The van der Waals surface area contributed by atoms with Gasteiger partial charge in [-0.25, -0.2) is 18.2 Å². The van der Waals surface area contributed by atoms with Crippen LogP contribution in [0.25, 0.3) is 0 Å². The fourth-order valence-corrected chi connectivity index (χ4v) is 5.95. The number of imidazole rings is 1. The number of alkyl carbamates (subject to hydrolysis) is 1. The predicted octanol–water partition coefficient (Wildman–Crippen LogP) is 3.67. The third-order valence-electron chi connectivity index (χ3n) is 5.48. The van der Waals surface area contributed by atoms with Crippen molar-refractivity contribution < 1.29 is 17.9 Å². The molecule has 1 fully saturated rings. The second kappa shape index (κ2) is 11.0. The lowest BCUT2D eigenvalue weighted by Gasteiger charge is -2.40. The molecule has 1 aliphatic rings. The Morgan fingerprint density at radius 3 is 2.68 bits per heavy atom. The molecule has 1 aliphatic heterocycles. The fourth-order valence-electron chi connectivity index (χ4n) is 3.90. The van der Waals surface area contributed by atoms with Crippen molar-refractivity contribution in [2.45, 2.75) is 62.6 Å². The van der Waals surface area contributed by atoms with Gasteiger partial charge in [0.1, 0.15) is 6.61 Å². The second-order valence-electron chi connectivity index (χ2n) is 7.61. The zero-order valence-corrected chi connectivity index (χ0v) is 19.2. The van der Waals surface area contributed by atoms with Gasteiger partial charge in [-0.1, -0.05) is 24.9 Å². The van der Waals surface area contributed by atoms with E-state index >= 15 is 0 Å². The van der Waals surface area contributed by atoms with Crippen LogP contribution in [0.15, 0.2) is 47.9 Å². The largest absolute Gasteiger partial charge is 0.448 e. The van der Waals surface area contributed by atoms with E-state index in [9.17, 15) is 13.2 Å². The average molecular weight is 469 g/mol. The number of rotatable bonds is 9. The number of hydrogen-bond donors (Lipinski definition) is 1. The van der Waals surface area contributed by atoms with E-state index in [1.165, 1.54) is 16.4 Å². The Morgan fingerprint density at radius 2 is 2.00 bits per heavy atom. The summed E-state index contributed by atoms with van der Waals surface area (Å²) in [6.07, 6.45) is 8.53. The number of sulfonamides is 1. The highest BCUT2D eigenvalue weighted by molar-refractivity contribution is 7.89. The van der Waals surface area contributed by atoms with Gasteiger partial charge < -0.3 is 14.6 Å². The first-order valence-corrected chi connectivity index (χ1v) is 12.4. The molecular weight excluding hydrogens is 440 g/mol. The molecule has 2 heterocycles. The summed E-state index contributed by atoms with van der Waals surface area (Å²) in [5.41, 5.74) is 0. The number of aryl methyl sites for hydroxylation is 1. The van der Waals surface area contributed by atoms with Gasteiger partial charge in [-0.3, -0.25) is 0 Å². The third kappa shape index (κ3) is 6.21. The number of hydrogen-bond acceptors (Lipinski definition) is 5. The summed E-state index contributed by atoms with van der Waals surface area (Å²) in [5, 5.41) is 3.20. The molecule has 3 rings (SSSR count). The van der Waals surface area contributed by atoms with Crippen LogP contribution in [0, 0.1) is 0 Å². The van der Waals surface area contributed by atoms with Gasteiger partial charge in [0.05, 0.1) is 17.3 Å². The first-order valence-electron chi connectivity index (χ1n) is 10.6. The molecule has 0 saturated carbocycles. The van der Waals surface area contributed by atoms with E-state index in [1.54, 1.807) is 24.7 Å². The number of carbonyl (C=O) groups excluding carboxylic acids is 1. The quantitative estimate of drug-likeness (QED) is 0.566. The fraction of sp³-hybridized carbons (Fsp3) is 0.524. The van der Waals surface area contributed by atoms with Gasteiger partial charge in [0.2, 0.25) is 10.0 Å². The Balaban J connectivity index is 1.58. The minimum atomic E-state index is -3.73. The summed E-state index contributed by atoms with van der Waals surface area (Å²) in [4.78, 5) is 16.3. The minimum Gasteiger partial charge on any atom is -0.448 e. The number of nitrogens with zero attached hydrogens (tertiary/aromatic N) is 3. The topological polar surface area (TPSA) is 93.5 Å². The lowest BCUT2D eigenvalue weighted by molar-refractivity contribution is 0.0844. The minimum absolute atomic E-state index is 0.0245. The van der Waals surface area contributed by atoms with Crippen molar-refractivity contribution >= 4 is 27.7 Å². The van der Waals surface area contributed by atoms with Crippen LogP contribution in [0.2, 0.25) is 5.02 Å². The highest BCUT2D eigenvalue weighted by Gasteiger charge is 2.39. The maximum Gasteiger partial charge on any atom is 0.407 e. The van der Waals surface area contributed by atoms with Crippen LogP contribution in [0.1, 0.15) is 39.0 Å². The Hall–Kier alpha value is -2.10. The Kier molecular flexibility index (Phi) is 8.34. The van der Waals surface area contributed by atoms with Crippen molar-refractivity contribution in [2.24, 2.45) is 0 Å². The summed E-state index contributed by atoms with van der Waals surface area (Å²) in [7, 11) is -3.73. The molecule has 0 radical (unpaired) electrons. The highest BCUT2D eigenvalue weighted by atomic mass is 35.5. The molecule has 2 atom stereocenters. The van der Waals surface area contributed by atoms with Gasteiger partial charge in [-0.05, 0) is 49.9 Å². The number of benzene rings is 1. The maximum atomic E-state index is 13.4. The van der Waals surface area contributed by atoms with Crippen molar-refractivity contribution in [3.8, 4) is 0 Å². The lowest BCUT2D eigenvalue weighted by atomic mass is 9.97. The summed E-state index contributed by atoms with van der Waals surface area (Å²) in [6, 6.07) is 5.66. The molecule has 0 spiro atoms. The van der Waals surface area contributed by atoms with Crippen LogP contribution < -0.4 is 5.32 Å². The summed E-state index contributed by atoms with van der Waals surface area (Å²) < 4.78 is 35.6. The molecule has 0 aliphatic carbocycles. The van der Waals surface area contributed by atoms with Crippen molar-refractivity contribution in [2.75, 3.05) is 13.2 Å². The van der Waals surface area contributed by atoms with E-state index in [4.69, 9.17) is 16.3 Å². The van der Waals surface area contributed by atoms with Crippen LogP contribution in [0.3, 0.4) is 0 Å². The number of carbonyl (C=O) groups is 1. The van der Waals surface area contributed by atoms with Crippen LogP contribution in [0.4, 0.5) is 4.79 Å². The lowest BCUT2D eigenvalue weighted by Crippen LogP contribution is -2.52. The van der Waals surface area contributed by atoms with Gasteiger partial charge in [0.25, 0.3) is 0 Å². The van der Waals surface area contributed by atoms with Crippen molar-refractivity contribution in [1.29, 1.82) is 0 Å². The van der Waals surface area contributed by atoms with E-state index in [0.717, 1.165) is 25.8 Å². The van der Waals surface area contributed by atoms with Gasteiger partial charge in [0, 0.05) is 36.5 Å². The van der Waals surface area contributed by atoms with E-state index in [2.05, 4.69) is 10.3 Å². The number of ether oxygens (including phenoxy) is 1. The normalized spacial score (nSPS) is 19.8.